The van der Waals surface area contributed by atoms with Gasteiger partial charge in [-0.2, -0.15) is 5.10 Å². The van der Waals surface area contributed by atoms with Gasteiger partial charge in [-0.3, -0.25) is 4.79 Å². The van der Waals surface area contributed by atoms with Crippen LogP contribution in [0.1, 0.15) is 34.8 Å². The fraction of sp³-hybridized carbons (Fsp3) is 0.231. The fourth-order valence-corrected chi connectivity index (χ4v) is 2.54. The van der Waals surface area contributed by atoms with Gasteiger partial charge in [0.15, 0.2) is 6.29 Å². The molecular formula is C13H9Cl2FN2O. The van der Waals surface area contributed by atoms with Crippen molar-refractivity contribution in [1.29, 1.82) is 0 Å². The largest absolute Gasteiger partial charge is 0.298 e. The standard InChI is InChI=1S/C13H9Cl2FN2O/c14-9-2-1-3-10(16)12(9)18-13(15)8(6-19)11(17-18)7-4-5-7/h1-3,6-7H,4-5H2. The number of benzene rings is 1. The van der Waals surface area contributed by atoms with Gasteiger partial charge in [0.05, 0.1) is 16.3 Å². The van der Waals surface area contributed by atoms with Gasteiger partial charge in [0, 0.05) is 5.92 Å². The van der Waals surface area contributed by atoms with Crippen LogP contribution in [0.3, 0.4) is 0 Å². The molecule has 0 N–H and O–H groups in total. The Bertz CT molecular complexity index is 645. The molecule has 0 aliphatic heterocycles. The second-order valence-electron chi connectivity index (χ2n) is 4.46. The molecule has 0 amide bonds. The van der Waals surface area contributed by atoms with E-state index in [9.17, 15) is 9.18 Å². The van der Waals surface area contributed by atoms with Crippen molar-refractivity contribution in [2.45, 2.75) is 18.8 Å². The number of nitrogens with zero attached hydrogens (tertiary/aromatic N) is 2. The fourth-order valence-electron chi connectivity index (χ4n) is 2.03. The predicted octanol–water partition coefficient (Wildman–Crippen LogP) is 4.01. The molecule has 0 spiro atoms. The Morgan fingerprint density at radius 1 is 1.37 bits per heavy atom. The van der Waals surface area contributed by atoms with Crippen LogP contribution in [0.25, 0.3) is 5.69 Å². The van der Waals surface area contributed by atoms with E-state index in [1.807, 2.05) is 0 Å². The van der Waals surface area contributed by atoms with E-state index in [4.69, 9.17) is 23.2 Å². The first-order chi connectivity index (χ1) is 9.13. The van der Waals surface area contributed by atoms with E-state index >= 15 is 0 Å². The van der Waals surface area contributed by atoms with Gasteiger partial charge in [-0.15, -0.1) is 0 Å². The molecule has 1 aromatic carbocycles. The summed E-state index contributed by atoms with van der Waals surface area (Å²) >= 11 is 12.1. The summed E-state index contributed by atoms with van der Waals surface area (Å²) in [4.78, 5) is 11.1. The van der Waals surface area contributed by atoms with E-state index in [1.165, 1.54) is 16.8 Å². The second-order valence-corrected chi connectivity index (χ2v) is 5.23. The van der Waals surface area contributed by atoms with Crippen LogP contribution in [0.4, 0.5) is 4.39 Å². The normalized spacial score (nSPS) is 14.7. The van der Waals surface area contributed by atoms with E-state index in [2.05, 4.69) is 5.10 Å². The minimum atomic E-state index is -0.531. The summed E-state index contributed by atoms with van der Waals surface area (Å²) < 4.78 is 15.1. The molecule has 1 heterocycles. The summed E-state index contributed by atoms with van der Waals surface area (Å²) in [7, 11) is 0. The van der Waals surface area contributed by atoms with Crippen LogP contribution in [0.15, 0.2) is 18.2 Å². The van der Waals surface area contributed by atoms with Gasteiger partial charge in [-0.1, -0.05) is 29.3 Å². The van der Waals surface area contributed by atoms with Crippen LogP contribution in [-0.4, -0.2) is 16.1 Å². The molecule has 0 atom stereocenters. The topological polar surface area (TPSA) is 34.9 Å². The van der Waals surface area contributed by atoms with Crippen LogP contribution in [0.5, 0.6) is 0 Å². The Kier molecular flexibility index (Phi) is 3.07. The third-order valence-electron chi connectivity index (χ3n) is 3.12. The van der Waals surface area contributed by atoms with Crippen molar-refractivity contribution in [2.75, 3.05) is 0 Å². The van der Waals surface area contributed by atoms with Crippen molar-refractivity contribution in [3.8, 4) is 5.69 Å². The van der Waals surface area contributed by atoms with Crippen LogP contribution in [-0.2, 0) is 0 Å². The highest BCUT2D eigenvalue weighted by Gasteiger charge is 2.32. The van der Waals surface area contributed by atoms with Gasteiger partial charge in [-0.25, -0.2) is 9.07 Å². The van der Waals surface area contributed by atoms with Crippen LogP contribution >= 0.6 is 23.2 Å². The number of carbonyl (C=O) groups excluding carboxylic acids is 1. The van der Waals surface area contributed by atoms with E-state index in [-0.39, 0.29) is 21.8 Å². The van der Waals surface area contributed by atoms with Gasteiger partial charge in [0.1, 0.15) is 16.7 Å². The summed E-state index contributed by atoms with van der Waals surface area (Å²) in [5.41, 5.74) is 1.02. The van der Waals surface area contributed by atoms with Crippen molar-refractivity contribution in [1.82, 2.24) is 9.78 Å². The maximum absolute atomic E-state index is 13.9. The van der Waals surface area contributed by atoms with Crippen molar-refractivity contribution in [3.63, 3.8) is 0 Å². The monoisotopic (exact) mass is 298 g/mol. The molecule has 1 aliphatic rings. The van der Waals surface area contributed by atoms with Crippen LogP contribution < -0.4 is 0 Å². The molecule has 6 heteroatoms. The lowest BCUT2D eigenvalue weighted by atomic mass is 10.2. The molecule has 3 nitrogen and oxygen atoms in total. The lowest BCUT2D eigenvalue weighted by Gasteiger charge is -2.06. The summed E-state index contributed by atoms with van der Waals surface area (Å²) in [6.07, 6.45) is 2.60. The SMILES string of the molecule is O=Cc1c(C2CC2)nn(-c2c(F)cccc2Cl)c1Cl. The molecule has 3 rings (SSSR count). The Balaban J connectivity index is 2.23. The van der Waals surface area contributed by atoms with Gasteiger partial charge in [-0.05, 0) is 25.0 Å². The zero-order chi connectivity index (χ0) is 13.6. The maximum atomic E-state index is 13.9. The third-order valence-corrected chi connectivity index (χ3v) is 3.79. The van der Waals surface area contributed by atoms with E-state index in [0.29, 0.717) is 17.5 Å². The lowest BCUT2D eigenvalue weighted by molar-refractivity contribution is 0.112. The number of aldehydes is 1. The number of hydrogen-bond donors (Lipinski definition) is 0. The van der Waals surface area contributed by atoms with Crippen molar-refractivity contribution in [2.24, 2.45) is 0 Å². The highest BCUT2D eigenvalue weighted by molar-refractivity contribution is 6.34. The molecule has 19 heavy (non-hydrogen) atoms. The second kappa shape index (κ2) is 4.62. The molecule has 0 saturated heterocycles. The lowest BCUT2D eigenvalue weighted by Crippen LogP contribution is -2.01. The van der Waals surface area contributed by atoms with E-state index in [1.54, 1.807) is 6.07 Å². The van der Waals surface area contributed by atoms with Gasteiger partial charge in [0.25, 0.3) is 0 Å². The molecule has 1 aliphatic carbocycles. The molecule has 98 valence electrons. The summed E-state index contributed by atoms with van der Waals surface area (Å²) in [6.45, 7) is 0. The molecule has 0 unspecified atom stereocenters. The first-order valence-electron chi connectivity index (χ1n) is 5.81. The number of carbonyl (C=O) groups is 1. The number of rotatable bonds is 3. The van der Waals surface area contributed by atoms with Gasteiger partial charge in [0.2, 0.25) is 0 Å². The minimum Gasteiger partial charge on any atom is -0.298 e. The third kappa shape index (κ3) is 2.05. The number of halogens is 3. The first kappa shape index (κ1) is 12.6. The smallest absolute Gasteiger partial charge is 0.155 e. The predicted molar refractivity (Wildman–Crippen MR) is 70.9 cm³/mol. The van der Waals surface area contributed by atoms with Crippen LogP contribution in [0.2, 0.25) is 10.2 Å². The highest BCUT2D eigenvalue weighted by atomic mass is 35.5. The Labute approximate surface area is 118 Å². The molecular weight excluding hydrogens is 290 g/mol. The summed E-state index contributed by atoms with van der Waals surface area (Å²) in [5, 5.41) is 4.56. The molecule has 0 bridgehead atoms. The number of aromatic nitrogens is 2. The summed E-state index contributed by atoms with van der Waals surface area (Å²) in [5.74, 6) is -0.291. The van der Waals surface area contributed by atoms with Crippen LogP contribution in [0, 0.1) is 5.82 Å². The molecule has 1 saturated carbocycles. The molecule has 2 aromatic rings. The average Bonchev–Trinajstić information content (AvgIpc) is 3.16. The van der Waals surface area contributed by atoms with Crippen molar-refractivity contribution < 1.29 is 9.18 Å². The van der Waals surface area contributed by atoms with Gasteiger partial charge >= 0.3 is 0 Å². The quantitative estimate of drug-likeness (QED) is 0.803. The highest BCUT2D eigenvalue weighted by Crippen LogP contribution is 2.43. The molecule has 1 fully saturated rings. The van der Waals surface area contributed by atoms with Gasteiger partial charge < -0.3 is 0 Å². The first-order valence-corrected chi connectivity index (χ1v) is 6.57. The molecule has 0 radical (unpaired) electrons. The zero-order valence-electron chi connectivity index (χ0n) is 9.74. The zero-order valence-corrected chi connectivity index (χ0v) is 11.2. The van der Waals surface area contributed by atoms with Crippen molar-refractivity contribution in [3.05, 3.63) is 45.4 Å². The minimum absolute atomic E-state index is 0.0733. The molecule has 1 aromatic heterocycles. The maximum Gasteiger partial charge on any atom is 0.155 e. The van der Waals surface area contributed by atoms with Crippen molar-refractivity contribution >= 4 is 29.5 Å². The number of hydrogen-bond acceptors (Lipinski definition) is 2. The Morgan fingerprint density at radius 2 is 2.11 bits per heavy atom. The van der Waals surface area contributed by atoms with E-state index in [0.717, 1.165) is 12.8 Å². The Hall–Kier alpha value is -1.39. The Morgan fingerprint density at radius 3 is 2.68 bits per heavy atom. The number of para-hydroxylation sites is 1. The van der Waals surface area contributed by atoms with E-state index < -0.39 is 5.82 Å². The average molecular weight is 299 g/mol. The summed E-state index contributed by atoms with van der Waals surface area (Å²) in [6, 6.07) is 4.33.